The number of hydrogen-bond donors (Lipinski definition) is 2. The molecule has 0 aromatic heterocycles. The number of benzene rings is 1. The Morgan fingerprint density at radius 2 is 1.95 bits per heavy atom. The van der Waals surface area contributed by atoms with Crippen LogP contribution >= 0.6 is 0 Å². The molecule has 1 rings (SSSR count). The Morgan fingerprint density at radius 3 is 2.42 bits per heavy atom. The van der Waals surface area contributed by atoms with E-state index in [1.807, 2.05) is 0 Å². The van der Waals surface area contributed by atoms with E-state index in [-0.39, 0.29) is 0 Å². The number of ether oxygens (including phenoxy) is 2. The normalized spacial score (nSPS) is 13.2. The van der Waals surface area contributed by atoms with Gasteiger partial charge in [0.1, 0.15) is 11.5 Å². The minimum atomic E-state index is -4.34. The van der Waals surface area contributed by atoms with Crippen LogP contribution in [-0.4, -0.2) is 38.7 Å². The van der Waals surface area contributed by atoms with Crippen molar-refractivity contribution in [2.45, 2.75) is 12.2 Å². The van der Waals surface area contributed by atoms with Crippen LogP contribution in [0.3, 0.4) is 0 Å². The third kappa shape index (κ3) is 4.60. The van der Waals surface area contributed by atoms with Gasteiger partial charge in [0.15, 0.2) is 0 Å². The van der Waals surface area contributed by atoms with Gasteiger partial charge in [-0.15, -0.1) is 0 Å². The third-order valence-electron chi connectivity index (χ3n) is 2.55. The highest BCUT2D eigenvalue weighted by molar-refractivity contribution is 5.42. The number of halogens is 3. The van der Waals surface area contributed by atoms with Gasteiger partial charge >= 0.3 is 6.18 Å². The van der Waals surface area contributed by atoms with Gasteiger partial charge in [-0.05, 0) is 12.1 Å². The molecule has 1 atom stereocenters. The smallest absolute Gasteiger partial charge is 0.401 e. The van der Waals surface area contributed by atoms with Crippen molar-refractivity contribution in [3.8, 4) is 11.5 Å². The summed E-state index contributed by atoms with van der Waals surface area (Å²) < 4.78 is 46.6. The van der Waals surface area contributed by atoms with Gasteiger partial charge < -0.3 is 14.6 Å². The molecule has 1 aromatic carbocycles. The van der Waals surface area contributed by atoms with Gasteiger partial charge in [0, 0.05) is 11.6 Å². The Labute approximate surface area is 109 Å². The zero-order chi connectivity index (χ0) is 14.5. The Balaban J connectivity index is 2.91. The van der Waals surface area contributed by atoms with E-state index in [4.69, 9.17) is 9.47 Å². The van der Waals surface area contributed by atoms with E-state index in [0.29, 0.717) is 17.1 Å². The topological polar surface area (TPSA) is 50.7 Å². The fourth-order valence-electron chi connectivity index (χ4n) is 1.62. The van der Waals surface area contributed by atoms with Gasteiger partial charge in [-0.3, -0.25) is 5.32 Å². The van der Waals surface area contributed by atoms with E-state index < -0.39 is 25.4 Å². The molecule has 2 N–H and O–H groups in total. The van der Waals surface area contributed by atoms with E-state index in [0.717, 1.165) is 0 Å². The molecule has 19 heavy (non-hydrogen) atoms. The highest BCUT2D eigenvalue weighted by Crippen LogP contribution is 2.29. The summed E-state index contributed by atoms with van der Waals surface area (Å²) in [4.78, 5) is 0. The van der Waals surface area contributed by atoms with Crippen LogP contribution in [0.15, 0.2) is 18.2 Å². The van der Waals surface area contributed by atoms with E-state index in [9.17, 15) is 18.3 Å². The van der Waals surface area contributed by atoms with Crippen molar-refractivity contribution in [3.63, 3.8) is 0 Å². The van der Waals surface area contributed by atoms with Crippen LogP contribution in [0.2, 0.25) is 0 Å². The lowest BCUT2D eigenvalue weighted by molar-refractivity contribution is -0.126. The number of rotatable bonds is 6. The molecule has 0 fully saturated rings. The fourth-order valence-corrected chi connectivity index (χ4v) is 1.62. The molecule has 7 heteroatoms. The van der Waals surface area contributed by atoms with E-state index >= 15 is 0 Å². The molecule has 108 valence electrons. The number of nitrogens with one attached hydrogen (secondary N) is 1. The van der Waals surface area contributed by atoms with E-state index in [2.05, 4.69) is 5.32 Å². The molecular formula is C12H16F3NO3. The van der Waals surface area contributed by atoms with Gasteiger partial charge in [0.2, 0.25) is 0 Å². The van der Waals surface area contributed by atoms with Crippen molar-refractivity contribution >= 4 is 0 Å². The van der Waals surface area contributed by atoms with Gasteiger partial charge in [-0.1, -0.05) is 0 Å². The minimum absolute atomic E-state index is 0.355. The first-order chi connectivity index (χ1) is 8.91. The summed E-state index contributed by atoms with van der Waals surface area (Å²) in [5, 5.41) is 11.4. The van der Waals surface area contributed by atoms with Crippen LogP contribution in [-0.2, 0) is 0 Å². The predicted molar refractivity (Wildman–Crippen MR) is 63.4 cm³/mol. The van der Waals surface area contributed by atoms with Gasteiger partial charge in [-0.25, -0.2) is 0 Å². The van der Waals surface area contributed by atoms with Gasteiger partial charge in [0.25, 0.3) is 0 Å². The predicted octanol–water partition coefficient (Wildman–Crippen LogP) is 1.89. The lowest BCUT2D eigenvalue weighted by Crippen LogP contribution is -2.34. The fraction of sp³-hybridized carbons (Fsp3) is 0.500. The molecule has 0 saturated carbocycles. The number of hydrogen-bond acceptors (Lipinski definition) is 4. The van der Waals surface area contributed by atoms with Crippen molar-refractivity contribution in [1.29, 1.82) is 0 Å². The summed E-state index contributed by atoms with van der Waals surface area (Å²) in [5.41, 5.74) is 0.440. The first kappa shape index (κ1) is 15.6. The molecule has 0 aliphatic heterocycles. The number of aliphatic hydroxyl groups excluding tert-OH is 1. The molecule has 0 amide bonds. The molecule has 0 bridgehead atoms. The Morgan fingerprint density at radius 1 is 1.26 bits per heavy atom. The second kappa shape index (κ2) is 6.63. The molecule has 0 aliphatic carbocycles. The maximum atomic E-state index is 12.2. The average Bonchev–Trinajstić information content (AvgIpc) is 2.38. The number of aliphatic hydroxyl groups is 1. The summed E-state index contributed by atoms with van der Waals surface area (Å²) in [7, 11) is 2.87. The standard InChI is InChI=1S/C12H16F3NO3/c1-18-8-3-4-9(11(5-8)19-2)10(6-17)16-7-12(13,14)15/h3-5,10,16-17H,6-7H2,1-2H3. The van der Waals surface area contributed by atoms with Gasteiger partial charge in [-0.2, -0.15) is 13.2 Å². The molecular weight excluding hydrogens is 263 g/mol. The Kier molecular flexibility index (Phi) is 5.44. The highest BCUT2D eigenvalue weighted by atomic mass is 19.4. The van der Waals surface area contributed by atoms with E-state index in [1.54, 1.807) is 18.2 Å². The molecule has 4 nitrogen and oxygen atoms in total. The first-order valence-electron chi connectivity index (χ1n) is 5.54. The van der Waals surface area contributed by atoms with E-state index in [1.165, 1.54) is 14.2 Å². The quantitative estimate of drug-likeness (QED) is 0.835. The zero-order valence-corrected chi connectivity index (χ0v) is 10.6. The van der Waals surface area contributed by atoms with Crippen LogP contribution < -0.4 is 14.8 Å². The second-order valence-electron chi connectivity index (χ2n) is 3.84. The Hall–Kier alpha value is -1.47. The van der Waals surface area contributed by atoms with Crippen LogP contribution in [0.25, 0.3) is 0 Å². The average molecular weight is 279 g/mol. The number of alkyl halides is 3. The van der Waals surface area contributed by atoms with Crippen molar-refractivity contribution < 1.29 is 27.8 Å². The van der Waals surface area contributed by atoms with Crippen LogP contribution in [0, 0.1) is 0 Å². The summed E-state index contributed by atoms with van der Waals surface area (Å²) in [6, 6.07) is 3.84. The third-order valence-corrected chi connectivity index (χ3v) is 2.55. The van der Waals surface area contributed by atoms with Crippen LogP contribution in [0.5, 0.6) is 11.5 Å². The SMILES string of the molecule is COc1ccc(C(CO)NCC(F)(F)F)c(OC)c1. The maximum absolute atomic E-state index is 12.2. The Bertz CT molecular complexity index is 410. The highest BCUT2D eigenvalue weighted by Gasteiger charge is 2.29. The minimum Gasteiger partial charge on any atom is -0.497 e. The van der Waals surface area contributed by atoms with Crippen molar-refractivity contribution in [2.75, 3.05) is 27.4 Å². The number of methoxy groups -OCH3 is 2. The van der Waals surface area contributed by atoms with Crippen molar-refractivity contribution in [1.82, 2.24) is 5.32 Å². The molecule has 0 radical (unpaired) electrons. The molecule has 0 aliphatic rings. The molecule has 0 heterocycles. The first-order valence-corrected chi connectivity index (χ1v) is 5.54. The van der Waals surface area contributed by atoms with Crippen molar-refractivity contribution in [2.24, 2.45) is 0 Å². The van der Waals surface area contributed by atoms with Crippen LogP contribution in [0.1, 0.15) is 11.6 Å². The molecule has 0 spiro atoms. The van der Waals surface area contributed by atoms with Crippen LogP contribution in [0.4, 0.5) is 13.2 Å². The molecule has 1 aromatic rings. The summed E-state index contributed by atoms with van der Waals surface area (Å²) in [6.45, 7) is -1.66. The second-order valence-corrected chi connectivity index (χ2v) is 3.84. The summed E-state index contributed by atoms with van der Waals surface area (Å²) in [6.07, 6.45) is -4.34. The maximum Gasteiger partial charge on any atom is 0.401 e. The lowest BCUT2D eigenvalue weighted by Gasteiger charge is -2.20. The molecule has 1 unspecified atom stereocenters. The molecule has 0 saturated heterocycles. The van der Waals surface area contributed by atoms with Crippen molar-refractivity contribution in [3.05, 3.63) is 23.8 Å². The largest absolute Gasteiger partial charge is 0.497 e. The summed E-state index contributed by atoms with van der Waals surface area (Å²) in [5.74, 6) is 0.876. The summed E-state index contributed by atoms with van der Waals surface area (Å²) >= 11 is 0. The monoisotopic (exact) mass is 279 g/mol. The van der Waals surface area contributed by atoms with Gasteiger partial charge in [0.05, 0.1) is 33.4 Å². The lowest BCUT2D eigenvalue weighted by atomic mass is 10.1. The zero-order valence-electron chi connectivity index (χ0n) is 10.6.